The van der Waals surface area contributed by atoms with Crippen LogP contribution in [0.1, 0.15) is 11.3 Å². The summed E-state index contributed by atoms with van der Waals surface area (Å²) >= 11 is 0. The fraction of sp³-hybridized carbons (Fsp3) is 0.133. The molecular weight excluding hydrogens is 250 g/mol. The highest BCUT2D eigenvalue weighted by molar-refractivity contribution is 5.51. The highest BCUT2D eigenvalue weighted by atomic mass is 15.2. The number of hydrogen-bond acceptors (Lipinski definition) is 4. The molecule has 3 rings (SSSR count). The van der Waals surface area contributed by atoms with E-state index in [1.807, 2.05) is 42.0 Å². The third-order valence-electron chi connectivity index (χ3n) is 3.01. The van der Waals surface area contributed by atoms with Crippen LogP contribution in [0, 0.1) is 6.92 Å². The molecule has 0 saturated carbocycles. The number of hydrogen-bond donors (Lipinski definition) is 1. The number of anilines is 1. The molecule has 0 fully saturated rings. The molecule has 0 saturated heterocycles. The molecule has 1 aromatic carbocycles. The van der Waals surface area contributed by atoms with Crippen LogP contribution in [-0.2, 0) is 6.54 Å². The molecule has 0 radical (unpaired) electrons. The Morgan fingerprint density at radius 3 is 2.70 bits per heavy atom. The molecule has 2 heterocycles. The van der Waals surface area contributed by atoms with E-state index in [1.54, 1.807) is 12.7 Å². The molecule has 2 aromatic heterocycles. The van der Waals surface area contributed by atoms with E-state index in [0.717, 1.165) is 17.1 Å². The number of benzene rings is 1. The Labute approximate surface area is 117 Å². The minimum atomic E-state index is 0.700. The number of aryl methyl sites for hydroxylation is 1. The summed E-state index contributed by atoms with van der Waals surface area (Å²) in [5.74, 6) is 0. The zero-order chi connectivity index (χ0) is 13.8. The summed E-state index contributed by atoms with van der Waals surface area (Å²) in [5, 5.41) is 11.0. The summed E-state index contributed by atoms with van der Waals surface area (Å²) in [6, 6.07) is 12.2. The fourth-order valence-corrected chi connectivity index (χ4v) is 1.91. The molecule has 0 aliphatic heterocycles. The molecule has 0 aliphatic carbocycles. The minimum absolute atomic E-state index is 0.700. The van der Waals surface area contributed by atoms with Crippen LogP contribution >= 0.6 is 0 Å². The molecule has 0 atom stereocenters. The first-order valence-electron chi connectivity index (χ1n) is 6.42. The maximum Gasteiger partial charge on any atom is 0.123 e. The molecule has 3 aromatic rings. The minimum Gasteiger partial charge on any atom is -0.379 e. The van der Waals surface area contributed by atoms with Crippen LogP contribution in [0.3, 0.4) is 0 Å². The Hall–Kier alpha value is -2.69. The van der Waals surface area contributed by atoms with Gasteiger partial charge in [-0.25, -0.2) is 0 Å². The SMILES string of the molecule is Cc1ccc(CNc2cccc(-n3cnnc3)c2)nc1. The topological polar surface area (TPSA) is 55.6 Å². The van der Waals surface area contributed by atoms with Gasteiger partial charge in [-0.1, -0.05) is 12.1 Å². The highest BCUT2D eigenvalue weighted by Gasteiger charge is 1.99. The first-order valence-corrected chi connectivity index (χ1v) is 6.42. The predicted molar refractivity (Wildman–Crippen MR) is 77.7 cm³/mol. The van der Waals surface area contributed by atoms with Crippen molar-refractivity contribution in [1.29, 1.82) is 0 Å². The summed E-state index contributed by atoms with van der Waals surface area (Å²) in [5.41, 5.74) is 4.25. The van der Waals surface area contributed by atoms with Gasteiger partial charge in [0.15, 0.2) is 0 Å². The first kappa shape index (κ1) is 12.3. The Kier molecular flexibility index (Phi) is 3.41. The van der Waals surface area contributed by atoms with E-state index >= 15 is 0 Å². The van der Waals surface area contributed by atoms with Crippen molar-refractivity contribution in [2.45, 2.75) is 13.5 Å². The van der Waals surface area contributed by atoms with Gasteiger partial charge in [0.05, 0.1) is 17.9 Å². The standard InChI is InChI=1S/C15H15N5/c1-12-5-6-14(16-8-12)9-17-13-3-2-4-15(7-13)20-10-18-19-11-20/h2-8,10-11,17H,9H2,1H3. The van der Waals surface area contributed by atoms with E-state index in [4.69, 9.17) is 0 Å². The van der Waals surface area contributed by atoms with Crippen LogP contribution in [0.5, 0.6) is 0 Å². The van der Waals surface area contributed by atoms with Gasteiger partial charge >= 0.3 is 0 Å². The Balaban J connectivity index is 1.72. The average molecular weight is 265 g/mol. The van der Waals surface area contributed by atoms with Crippen LogP contribution in [0.2, 0.25) is 0 Å². The van der Waals surface area contributed by atoms with E-state index in [9.17, 15) is 0 Å². The lowest BCUT2D eigenvalue weighted by Gasteiger charge is -2.08. The van der Waals surface area contributed by atoms with E-state index < -0.39 is 0 Å². The van der Waals surface area contributed by atoms with Crippen LogP contribution < -0.4 is 5.32 Å². The van der Waals surface area contributed by atoms with Crippen LogP contribution in [0.4, 0.5) is 5.69 Å². The maximum atomic E-state index is 4.38. The highest BCUT2D eigenvalue weighted by Crippen LogP contribution is 2.14. The third-order valence-corrected chi connectivity index (χ3v) is 3.01. The summed E-state index contributed by atoms with van der Waals surface area (Å²) in [7, 11) is 0. The van der Waals surface area contributed by atoms with Gasteiger partial charge in [0.1, 0.15) is 12.7 Å². The molecule has 0 spiro atoms. The van der Waals surface area contributed by atoms with E-state index in [1.165, 1.54) is 5.56 Å². The molecule has 0 amide bonds. The van der Waals surface area contributed by atoms with Crippen LogP contribution in [0.15, 0.2) is 55.2 Å². The number of rotatable bonds is 4. The van der Waals surface area contributed by atoms with Crippen molar-refractivity contribution in [1.82, 2.24) is 19.7 Å². The van der Waals surface area contributed by atoms with Gasteiger partial charge in [0, 0.05) is 11.9 Å². The molecule has 0 aliphatic rings. The quantitative estimate of drug-likeness (QED) is 0.787. The average Bonchev–Trinajstić information content (AvgIpc) is 3.01. The van der Waals surface area contributed by atoms with Crippen molar-refractivity contribution in [3.63, 3.8) is 0 Å². The van der Waals surface area contributed by atoms with Crippen molar-refractivity contribution in [3.05, 3.63) is 66.5 Å². The van der Waals surface area contributed by atoms with Gasteiger partial charge in [-0.15, -0.1) is 10.2 Å². The zero-order valence-electron chi connectivity index (χ0n) is 11.2. The van der Waals surface area contributed by atoms with Crippen molar-refractivity contribution >= 4 is 5.69 Å². The number of nitrogens with one attached hydrogen (secondary N) is 1. The van der Waals surface area contributed by atoms with E-state index in [-0.39, 0.29) is 0 Å². The molecule has 1 N–H and O–H groups in total. The second kappa shape index (κ2) is 5.52. The molecule has 0 bridgehead atoms. The fourth-order valence-electron chi connectivity index (χ4n) is 1.91. The zero-order valence-corrected chi connectivity index (χ0v) is 11.2. The first-order chi connectivity index (χ1) is 9.81. The lowest BCUT2D eigenvalue weighted by molar-refractivity contribution is 1.03. The Morgan fingerprint density at radius 2 is 1.95 bits per heavy atom. The normalized spacial score (nSPS) is 10.4. The van der Waals surface area contributed by atoms with Gasteiger partial charge in [0.25, 0.3) is 0 Å². The molecule has 20 heavy (non-hydrogen) atoms. The lowest BCUT2D eigenvalue weighted by Crippen LogP contribution is -2.02. The number of aromatic nitrogens is 4. The smallest absolute Gasteiger partial charge is 0.123 e. The molecule has 5 nitrogen and oxygen atoms in total. The van der Waals surface area contributed by atoms with Crippen molar-refractivity contribution in [2.75, 3.05) is 5.32 Å². The Morgan fingerprint density at radius 1 is 1.10 bits per heavy atom. The van der Waals surface area contributed by atoms with Crippen LogP contribution in [-0.4, -0.2) is 19.7 Å². The molecule has 0 unspecified atom stereocenters. The van der Waals surface area contributed by atoms with Crippen molar-refractivity contribution in [3.8, 4) is 5.69 Å². The largest absolute Gasteiger partial charge is 0.379 e. The van der Waals surface area contributed by atoms with Crippen molar-refractivity contribution < 1.29 is 0 Å². The van der Waals surface area contributed by atoms with Gasteiger partial charge < -0.3 is 5.32 Å². The summed E-state index contributed by atoms with van der Waals surface area (Å²) in [6.45, 7) is 2.73. The van der Waals surface area contributed by atoms with E-state index in [2.05, 4.69) is 32.6 Å². The van der Waals surface area contributed by atoms with Gasteiger partial charge in [0.2, 0.25) is 0 Å². The predicted octanol–water partition coefficient (Wildman–Crippen LogP) is 2.58. The molecular formula is C15H15N5. The van der Waals surface area contributed by atoms with Gasteiger partial charge in [-0.05, 0) is 36.8 Å². The summed E-state index contributed by atoms with van der Waals surface area (Å²) in [4.78, 5) is 4.38. The van der Waals surface area contributed by atoms with Gasteiger partial charge in [-0.2, -0.15) is 0 Å². The molecule has 100 valence electrons. The van der Waals surface area contributed by atoms with Crippen molar-refractivity contribution in [2.24, 2.45) is 0 Å². The lowest BCUT2D eigenvalue weighted by atomic mass is 10.2. The second-order valence-electron chi connectivity index (χ2n) is 4.60. The summed E-state index contributed by atoms with van der Waals surface area (Å²) < 4.78 is 1.87. The second-order valence-corrected chi connectivity index (χ2v) is 4.60. The summed E-state index contributed by atoms with van der Waals surface area (Å²) in [6.07, 6.45) is 5.24. The number of pyridine rings is 1. The Bertz CT molecular complexity index is 674. The van der Waals surface area contributed by atoms with Crippen LogP contribution in [0.25, 0.3) is 5.69 Å². The van der Waals surface area contributed by atoms with E-state index in [0.29, 0.717) is 6.54 Å². The molecule has 5 heteroatoms. The maximum absolute atomic E-state index is 4.38. The third kappa shape index (κ3) is 2.83. The monoisotopic (exact) mass is 265 g/mol. The number of nitrogens with zero attached hydrogens (tertiary/aromatic N) is 4. The van der Waals surface area contributed by atoms with Gasteiger partial charge in [-0.3, -0.25) is 9.55 Å².